The largest absolute Gasteiger partial charge is 0.469 e. The smallest absolute Gasteiger partial charge is 0.320 e. The highest BCUT2D eigenvalue weighted by Gasteiger charge is 2.50. The predicted octanol–water partition coefficient (Wildman–Crippen LogP) is 1.84. The Balaban J connectivity index is 1.76. The van der Waals surface area contributed by atoms with E-state index < -0.39 is 35.7 Å². The molecule has 2 aromatic rings. The summed E-state index contributed by atoms with van der Waals surface area (Å²) in [5.74, 6) is -4.21. The third-order valence-corrected chi connectivity index (χ3v) is 6.56. The number of para-hydroxylation sites is 1. The average Bonchev–Trinajstić information content (AvgIpc) is 3.17. The molecule has 1 fully saturated rings. The summed E-state index contributed by atoms with van der Waals surface area (Å²) in [4.78, 5) is 43.4. The molecular weight excluding hydrogens is 388 g/mol. The van der Waals surface area contributed by atoms with Gasteiger partial charge in [0.25, 0.3) is 0 Å². The van der Waals surface area contributed by atoms with Crippen molar-refractivity contribution in [3.05, 3.63) is 35.5 Å². The van der Waals surface area contributed by atoms with Crippen LogP contribution in [0.5, 0.6) is 0 Å². The van der Waals surface area contributed by atoms with Crippen molar-refractivity contribution in [3.8, 4) is 0 Å². The van der Waals surface area contributed by atoms with Crippen molar-refractivity contribution in [1.29, 1.82) is 0 Å². The highest BCUT2D eigenvalue weighted by Crippen LogP contribution is 2.45. The fraction of sp³-hybridized carbons (Fsp3) is 0.500. The molecule has 3 atom stereocenters. The zero-order valence-corrected chi connectivity index (χ0v) is 17.3. The summed E-state index contributed by atoms with van der Waals surface area (Å²) in [6.45, 7) is 1.20. The van der Waals surface area contributed by atoms with Crippen molar-refractivity contribution in [3.63, 3.8) is 0 Å². The zero-order valence-electron chi connectivity index (χ0n) is 17.3. The monoisotopic (exact) mass is 414 g/mol. The molecule has 0 radical (unpaired) electrons. The Morgan fingerprint density at radius 1 is 1.07 bits per heavy atom. The Kier molecular flexibility index (Phi) is 5.51. The number of esters is 3. The molecule has 0 spiro atoms. The number of aromatic nitrogens is 1. The Bertz CT molecular complexity index is 967. The molecule has 1 N–H and O–H groups in total. The first kappa shape index (κ1) is 20.4. The van der Waals surface area contributed by atoms with Crippen LogP contribution in [0.15, 0.2) is 24.3 Å². The van der Waals surface area contributed by atoms with Crippen LogP contribution in [-0.4, -0.2) is 62.2 Å². The molecule has 1 aromatic carbocycles. The summed E-state index contributed by atoms with van der Waals surface area (Å²) in [5, 5.41) is 1.19. The summed E-state index contributed by atoms with van der Waals surface area (Å²) in [5.41, 5.74) is 3.41. The number of fused-ring (bicyclic) bond motifs is 5. The maximum atomic E-state index is 12.6. The van der Waals surface area contributed by atoms with Gasteiger partial charge in [-0.2, -0.15) is 0 Å². The average molecular weight is 414 g/mol. The maximum absolute atomic E-state index is 12.6. The van der Waals surface area contributed by atoms with E-state index in [1.807, 2.05) is 18.2 Å². The second kappa shape index (κ2) is 8.10. The van der Waals surface area contributed by atoms with Crippen molar-refractivity contribution in [2.45, 2.75) is 18.9 Å². The number of rotatable bonds is 4. The van der Waals surface area contributed by atoms with E-state index in [-0.39, 0.29) is 6.04 Å². The van der Waals surface area contributed by atoms with Gasteiger partial charge in [-0.15, -0.1) is 0 Å². The molecule has 8 nitrogen and oxygen atoms in total. The van der Waals surface area contributed by atoms with Crippen molar-refractivity contribution in [2.75, 3.05) is 34.4 Å². The molecule has 0 saturated carbocycles. The lowest BCUT2D eigenvalue weighted by Gasteiger charge is -2.46. The van der Waals surface area contributed by atoms with Crippen LogP contribution in [0.1, 0.15) is 23.7 Å². The lowest BCUT2D eigenvalue weighted by atomic mass is 9.72. The van der Waals surface area contributed by atoms with Crippen molar-refractivity contribution < 1.29 is 28.6 Å². The number of nitrogens with zero attached hydrogens (tertiary/aromatic N) is 1. The summed E-state index contributed by atoms with van der Waals surface area (Å²) >= 11 is 0. The van der Waals surface area contributed by atoms with E-state index in [1.54, 1.807) is 0 Å². The first-order valence-electron chi connectivity index (χ1n) is 10.1. The van der Waals surface area contributed by atoms with Gasteiger partial charge in [-0.3, -0.25) is 19.3 Å². The Labute approximate surface area is 174 Å². The zero-order chi connectivity index (χ0) is 21.4. The van der Waals surface area contributed by atoms with Crippen LogP contribution in [0, 0.1) is 17.8 Å². The molecule has 0 amide bonds. The standard InChI is InChI=1S/C22H26N2O6/c1-28-20(25)15-11-24-9-8-13-12-6-4-5-7-16(12)23-19(13)17(24)10-14(15)18(21(26)29-2)22(27)30-3/h4-7,14-15,17-18,23H,8-11H2,1-3H3/t14-,15-,17+/m1/s1. The Hall–Kier alpha value is -2.87. The molecule has 0 unspecified atom stereocenters. The molecule has 30 heavy (non-hydrogen) atoms. The van der Waals surface area contributed by atoms with E-state index in [4.69, 9.17) is 14.2 Å². The van der Waals surface area contributed by atoms with E-state index in [1.165, 1.54) is 32.3 Å². The summed E-state index contributed by atoms with van der Waals surface area (Å²) < 4.78 is 14.8. The number of nitrogens with one attached hydrogen (secondary N) is 1. The normalized spacial score (nSPS) is 23.5. The highest BCUT2D eigenvalue weighted by molar-refractivity contribution is 5.96. The van der Waals surface area contributed by atoms with Gasteiger partial charge in [-0.1, -0.05) is 18.2 Å². The fourth-order valence-electron chi connectivity index (χ4n) is 5.13. The van der Waals surface area contributed by atoms with E-state index in [9.17, 15) is 14.4 Å². The predicted molar refractivity (Wildman–Crippen MR) is 107 cm³/mol. The van der Waals surface area contributed by atoms with Crippen LogP contribution in [0.3, 0.4) is 0 Å². The third-order valence-electron chi connectivity index (χ3n) is 6.56. The van der Waals surface area contributed by atoms with Crippen molar-refractivity contribution in [2.24, 2.45) is 17.8 Å². The second-order valence-electron chi connectivity index (χ2n) is 7.88. The SMILES string of the molecule is COC(=O)C(C(=O)OC)[C@@H]1C[C@H]2c3[nH]c4ccccc4c3CCN2C[C@H]1C(=O)OC. The van der Waals surface area contributed by atoms with Crippen molar-refractivity contribution >= 4 is 28.8 Å². The van der Waals surface area contributed by atoms with Gasteiger partial charge in [-0.05, 0) is 30.4 Å². The Morgan fingerprint density at radius 3 is 2.43 bits per heavy atom. The number of benzene rings is 1. The molecule has 2 aliphatic heterocycles. The minimum atomic E-state index is -1.18. The van der Waals surface area contributed by atoms with Gasteiger partial charge in [0.1, 0.15) is 0 Å². The number of ether oxygens (including phenoxy) is 3. The van der Waals surface area contributed by atoms with Crippen LogP contribution in [0.2, 0.25) is 0 Å². The number of carbonyl (C=O) groups is 3. The molecule has 1 saturated heterocycles. The molecule has 8 heteroatoms. The van der Waals surface area contributed by atoms with Crippen LogP contribution >= 0.6 is 0 Å². The number of piperidine rings is 1. The van der Waals surface area contributed by atoms with Gasteiger partial charge in [0.15, 0.2) is 5.92 Å². The molecule has 3 heterocycles. The van der Waals surface area contributed by atoms with Gasteiger partial charge < -0.3 is 19.2 Å². The molecule has 160 valence electrons. The summed E-state index contributed by atoms with van der Waals surface area (Å²) in [6.07, 6.45) is 1.31. The molecular formula is C22H26N2O6. The van der Waals surface area contributed by atoms with Crippen LogP contribution in [0.4, 0.5) is 0 Å². The lowest BCUT2D eigenvalue weighted by molar-refractivity contribution is -0.168. The number of methoxy groups -OCH3 is 3. The van der Waals surface area contributed by atoms with Crippen LogP contribution in [0.25, 0.3) is 10.9 Å². The van der Waals surface area contributed by atoms with E-state index in [0.29, 0.717) is 13.0 Å². The molecule has 4 rings (SSSR count). The highest BCUT2D eigenvalue weighted by atomic mass is 16.5. The van der Waals surface area contributed by atoms with Crippen LogP contribution < -0.4 is 0 Å². The van der Waals surface area contributed by atoms with Gasteiger partial charge in [0.05, 0.1) is 33.3 Å². The number of H-pyrrole nitrogens is 1. The minimum absolute atomic E-state index is 0.0381. The molecule has 1 aromatic heterocycles. The maximum Gasteiger partial charge on any atom is 0.320 e. The second-order valence-corrected chi connectivity index (χ2v) is 7.88. The van der Waals surface area contributed by atoms with E-state index in [2.05, 4.69) is 16.0 Å². The first-order valence-corrected chi connectivity index (χ1v) is 10.1. The Morgan fingerprint density at radius 2 is 1.77 bits per heavy atom. The first-order chi connectivity index (χ1) is 14.5. The van der Waals surface area contributed by atoms with Gasteiger partial charge in [0.2, 0.25) is 0 Å². The van der Waals surface area contributed by atoms with E-state index in [0.717, 1.165) is 24.2 Å². The molecule has 2 aliphatic rings. The fourth-order valence-corrected chi connectivity index (χ4v) is 5.13. The lowest BCUT2D eigenvalue weighted by Crippen LogP contribution is -2.52. The molecule has 0 bridgehead atoms. The number of hydrogen-bond acceptors (Lipinski definition) is 7. The van der Waals surface area contributed by atoms with Gasteiger partial charge in [0, 0.05) is 29.7 Å². The van der Waals surface area contributed by atoms with E-state index >= 15 is 0 Å². The number of carbonyl (C=O) groups excluding carboxylic acids is 3. The minimum Gasteiger partial charge on any atom is -0.469 e. The summed E-state index contributed by atoms with van der Waals surface area (Å²) in [6, 6.07) is 8.11. The summed E-state index contributed by atoms with van der Waals surface area (Å²) in [7, 11) is 3.79. The van der Waals surface area contributed by atoms with Crippen molar-refractivity contribution in [1.82, 2.24) is 9.88 Å². The van der Waals surface area contributed by atoms with Gasteiger partial charge >= 0.3 is 17.9 Å². The molecule has 0 aliphatic carbocycles. The third kappa shape index (κ3) is 3.25. The van der Waals surface area contributed by atoms with Crippen LogP contribution in [-0.2, 0) is 35.0 Å². The van der Waals surface area contributed by atoms with Gasteiger partial charge in [-0.25, -0.2) is 0 Å². The number of aromatic amines is 1. The number of hydrogen-bond donors (Lipinski definition) is 1. The quantitative estimate of drug-likeness (QED) is 0.463. The topological polar surface area (TPSA) is 97.9 Å².